The molecule has 2 rings (SSSR count). The number of ether oxygens (including phenoxy) is 1. The second-order valence-electron chi connectivity index (χ2n) is 6.34. The fourth-order valence-electron chi connectivity index (χ4n) is 3.00. The number of alkyl halides is 2. The summed E-state index contributed by atoms with van der Waals surface area (Å²) in [7, 11) is 2.13. The number of likely N-dealkylation sites (tertiary alicyclic amines) is 1. The molecule has 0 spiro atoms. The molecule has 0 amide bonds. The van der Waals surface area contributed by atoms with Crippen LogP contribution in [0.15, 0.2) is 23.2 Å². The fraction of sp³-hybridized carbons (Fsp3) is 0.611. The maximum atomic E-state index is 12.6. The topological polar surface area (TPSA) is 48.9 Å². The molecular weight excluding hydrogens is 326 g/mol. The zero-order chi connectivity index (χ0) is 18.2. The van der Waals surface area contributed by atoms with Crippen molar-refractivity contribution in [1.82, 2.24) is 15.5 Å². The zero-order valence-corrected chi connectivity index (χ0v) is 15.2. The van der Waals surface area contributed by atoms with Crippen LogP contribution in [0.4, 0.5) is 8.78 Å². The number of rotatable bonds is 7. The van der Waals surface area contributed by atoms with Crippen LogP contribution in [0.3, 0.4) is 0 Å². The fourth-order valence-corrected chi connectivity index (χ4v) is 3.00. The molecule has 1 unspecified atom stereocenters. The quantitative estimate of drug-likeness (QED) is 0.584. The summed E-state index contributed by atoms with van der Waals surface area (Å²) < 4.78 is 29.7. The predicted octanol–water partition coefficient (Wildman–Crippen LogP) is 2.75. The number of benzene rings is 1. The average Bonchev–Trinajstić information content (AvgIpc) is 2.97. The Balaban J connectivity index is 2.03. The van der Waals surface area contributed by atoms with Gasteiger partial charge in [0, 0.05) is 24.7 Å². The standard InChI is InChI=1S/C18H28F2N4O/c1-4-21-18(23-12-15-6-5-9-24(15)3)22-11-14-10-13(2)7-8-16(14)25-17(19)20/h7-8,10,15,17H,4-6,9,11-12H2,1-3H3,(H2,21,22,23). The van der Waals surface area contributed by atoms with Crippen molar-refractivity contribution in [3.05, 3.63) is 29.3 Å². The number of aliphatic imine (C=N–C) groups is 1. The number of aryl methyl sites for hydroxylation is 1. The van der Waals surface area contributed by atoms with Gasteiger partial charge in [0.1, 0.15) is 5.75 Å². The average molecular weight is 354 g/mol. The van der Waals surface area contributed by atoms with Crippen molar-refractivity contribution < 1.29 is 13.5 Å². The first-order valence-electron chi connectivity index (χ1n) is 8.76. The lowest BCUT2D eigenvalue weighted by atomic mass is 10.1. The van der Waals surface area contributed by atoms with Gasteiger partial charge in [0.15, 0.2) is 5.96 Å². The summed E-state index contributed by atoms with van der Waals surface area (Å²) in [6.07, 6.45) is 2.39. The van der Waals surface area contributed by atoms with E-state index >= 15 is 0 Å². The van der Waals surface area contributed by atoms with E-state index in [0.717, 1.165) is 25.2 Å². The number of nitrogens with one attached hydrogen (secondary N) is 2. The first-order chi connectivity index (χ1) is 12.0. The van der Waals surface area contributed by atoms with Crippen LogP contribution in [0, 0.1) is 6.92 Å². The van der Waals surface area contributed by atoms with E-state index in [1.807, 2.05) is 19.9 Å². The molecule has 1 aromatic carbocycles. The monoisotopic (exact) mass is 354 g/mol. The van der Waals surface area contributed by atoms with E-state index in [2.05, 4.69) is 32.3 Å². The molecule has 7 heteroatoms. The van der Waals surface area contributed by atoms with Gasteiger partial charge in [0.2, 0.25) is 0 Å². The second-order valence-corrected chi connectivity index (χ2v) is 6.34. The van der Waals surface area contributed by atoms with Crippen LogP contribution in [-0.2, 0) is 6.54 Å². The molecule has 0 saturated carbocycles. The number of hydrogen-bond donors (Lipinski definition) is 2. The van der Waals surface area contributed by atoms with Gasteiger partial charge in [0.25, 0.3) is 0 Å². The molecule has 1 saturated heterocycles. The Morgan fingerprint density at radius 3 is 2.84 bits per heavy atom. The minimum Gasteiger partial charge on any atom is -0.434 e. The number of guanidine groups is 1. The van der Waals surface area contributed by atoms with Crippen molar-refractivity contribution in [3.8, 4) is 5.75 Å². The summed E-state index contributed by atoms with van der Waals surface area (Å²) in [5.74, 6) is 0.864. The molecule has 2 N–H and O–H groups in total. The third-order valence-corrected chi connectivity index (χ3v) is 4.36. The van der Waals surface area contributed by atoms with Crippen LogP contribution in [-0.4, -0.2) is 50.2 Å². The lowest BCUT2D eigenvalue weighted by molar-refractivity contribution is -0.0504. The van der Waals surface area contributed by atoms with Gasteiger partial charge in [-0.1, -0.05) is 17.7 Å². The third kappa shape index (κ3) is 6.16. The lowest BCUT2D eigenvalue weighted by Crippen LogP contribution is -2.44. The summed E-state index contributed by atoms with van der Waals surface area (Å²) >= 11 is 0. The van der Waals surface area contributed by atoms with E-state index in [0.29, 0.717) is 17.6 Å². The Morgan fingerprint density at radius 2 is 2.20 bits per heavy atom. The van der Waals surface area contributed by atoms with Gasteiger partial charge in [-0.05, 0) is 46.3 Å². The van der Waals surface area contributed by atoms with Gasteiger partial charge >= 0.3 is 6.61 Å². The highest BCUT2D eigenvalue weighted by Gasteiger charge is 2.20. The highest BCUT2D eigenvalue weighted by atomic mass is 19.3. The van der Waals surface area contributed by atoms with E-state index in [-0.39, 0.29) is 12.3 Å². The number of halogens is 2. The number of nitrogens with zero attached hydrogens (tertiary/aromatic N) is 2. The Labute approximate surface area is 148 Å². The molecule has 1 atom stereocenters. The number of likely N-dealkylation sites (N-methyl/N-ethyl adjacent to an activating group) is 1. The molecule has 1 aliphatic rings. The Morgan fingerprint density at radius 1 is 1.40 bits per heavy atom. The first kappa shape index (κ1) is 19.4. The van der Waals surface area contributed by atoms with Crippen molar-refractivity contribution >= 4 is 5.96 Å². The van der Waals surface area contributed by atoms with E-state index in [1.165, 1.54) is 12.8 Å². The van der Waals surface area contributed by atoms with Crippen molar-refractivity contribution in [2.24, 2.45) is 4.99 Å². The first-order valence-corrected chi connectivity index (χ1v) is 8.76. The highest BCUT2D eigenvalue weighted by molar-refractivity contribution is 5.79. The molecule has 1 fully saturated rings. The summed E-state index contributed by atoms with van der Waals surface area (Å²) in [6, 6.07) is 5.65. The summed E-state index contributed by atoms with van der Waals surface area (Å²) in [5, 5.41) is 6.54. The van der Waals surface area contributed by atoms with Crippen molar-refractivity contribution in [2.45, 2.75) is 45.9 Å². The summed E-state index contributed by atoms with van der Waals surface area (Å²) in [6.45, 7) is 4.03. The third-order valence-electron chi connectivity index (χ3n) is 4.36. The van der Waals surface area contributed by atoms with Crippen LogP contribution in [0.5, 0.6) is 5.75 Å². The second kappa shape index (κ2) is 9.56. The molecule has 0 aromatic heterocycles. The molecule has 5 nitrogen and oxygen atoms in total. The molecule has 1 aliphatic heterocycles. The van der Waals surface area contributed by atoms with Crippen molar-refractivity contribution in [1.29, 1.82) is 0 Å². The smallest absolute Gasteiger partial charge is 0.387 e. The largest absolute Gasteiger partial charge is 0.434 e. The van der Waals surface area contributed by atoms with Crippen LogP contribution >= 0.6 is 0 Å². The summed E-state index contributed by atoms with van der Waals surface area (Å²) in [4.78, 5) is 6.87. The van der Waals surface area contributed by atoms with Gasteiger partial charge < -0.3 is 20.3 Å². The van der Waals surface area contributed by atoms with E-state index in [1.54, 1.807) is 12.1 Å². The number of hydrogen-bond acceptors (Lipinski definition) is 3. The Kier molecular flexibility index (Phi) is 7.43. The van der Waals surface area contributed by atoms with Crippen LogP contribution in [0.25, 0.3) is 0 Å². The maximum Gasteiger partial charge on any atom is 0.387 e. The van der Waals surface area contributed by atoms with Crippen molar-refractivity contribution in [2.75, 3.05) is 26.7 Å². The van der Waals surface area contributed by atoms with Gasteiger partial charge in [-0.3, -0.25) is 0 Å². The minimum atomic E-state index is -2.84. The maximum absolute atomic E-state index is 12.6. The molecule has 0 aliphatic carbocycles. The molecule has 1 heterocycles. The molecule has 140 valence electrons. The SMILES string of the molecule is CCNC(=NCc1cc(C)ccc1OC(F)F)NCC1CCCN1C. The van der Waals surface area contributed by atoms with Gasteiger partial charge in [0.05, 0.1) is 6.54 Å². The van der Waals surface area contributed by atoms with E-state index in [4.69, 9.17) is 0 Å². The molecule has 25 heavy (non-hydrogen) atoms. The normalized spacial score (nSPS) is 18.6. The Hall–Kier alpha value is -1.89. The van der Waals surface area contributed by atoms with E-state index in [9.17, 15) is 8.78 Å². The van der Waals surface area contributed by atoms with Gasteiger partial charge in [-0.2, -0.15) is 8.78 Å². The van der Waals surface area contributed by atoms with Crippen LogP contribution < -0.4 is 15.4 Å². The predicted molar refractivity (Wildman–Crippen MR) is 96.3 cm³/mol. The zero-order valence-electron chi connectivity index (χ0n) is 15.2. The Bertz CT molecular complexity index is 580. The van der Waals surface area contributed by atoms with Crippen LogP contribution in [0.2, 0.25) is 0 Å². The van der Waals surface area contributed by atoms with Crippen LogP contribution in [0.1, 0.15) is 30.9 Å². The summed E-state index contributed by atoms with van der Waals surface area (Å²) in [5.41, 5.74) is 1.63. The van der Waals surface area contributed by atoms with Crippen molar-refractivity contribution in [3.63, 3.8) is 0 Å². The molecule has 0 bridgehead atoms. The van der Waals surface area contributed by atoms with Gasteiger partial charge in [-0.25, -0.2) is 4.99 Å². The van der Waals surface area contributed by atoms with E-state index < -0.39 is 6.61 Å². The highest BCUT2D eigenvalue weighted by Crippen LogP contribution is 2.23. The minimum absolute atomic E-state index is 0.177. The molecular formula is C18H28F2N4O. The van der Waals surface area contributed by atoms with Gasteiger partial charge in [-0.15, -0.1) is 0 Å². The molecule has 0 radical (unpaired) electrons. The lowest BCUT2D eigenvalue weighted by Gasteiger charge is -2.21. The molecule has 1 aromatic rings.